The number of phenolic OH excluding ortho intramolecular Hbond substituents is 2. The van der Waals surface area contributed by atoms with Crippen LogP contribution in [0.3, 0.4) is 0 Å². The van der Waals surface area contributed by atoms with Crippen LogP contribution in [-0.2, 0) is 11.2 Å². The summed E-state index contributed by atoms with van der Waals surface area (Å²) in [4.78, 5) is 15.2. The van der Waals surface area contributed by atoms with Crippen LogP contribution in [0.25, 0.3) is 22.5 Å². The largest absolute Gasteiger partial charge is 0.508 e. The van der Waals surface area contributed by atoms with E-state index in [1.807, 2.05) is 45.0 Å². The van der Waals surface area contributed by atoms with E-state index in [2.05, 4.69) is 15.4 Å². The van der Waals surface area contributed by atoms with Crippen LogP contribution in [0.4, 0.5) is 0 Å². The average molecular weight is 480 g/mol. The number of ether oxygens (including phenoxy) is 1. The number of carbonyl (C=O) groups excluding carboxylic acids is 1. The third kappa shape index (κ3) is 5.49. The molecule has 0 spiro atoms. The molecule has 186 valence electrons. The number of phenols is 2. The molecule has 2 aromatic carbocycles. The maximum Gasteiger partial charge on any atom is 0.274 e. The summed E-state index contributed by atoms with van der Waals surface area (Å²) in [5.41, 5.74) is 3.65. The van der Waals surface area contributed by atoms with Gasteiger partial charge >= 0.3 is 0 Å². The number of hydrogen-bond acceptors (Lipinski definition) is 7. The van der Waals surface area contributed by atoms with Gasteiger partial charge in [0.1, 0.15) is 11.5 Å². The van der Waals surface area contributed by atoms with Crippen LogP contribution in [0.5, 0.6) is 11.5 Å². The Kier molecular flexibility index (Phi) is 7.73. The third-order valence-electron chi connectivity index (χ3n) is 6.32. The number of hydrogen-bond donors (Lipinski definition) is 3. The molecule has 3 N–H and O–H groups in total. The average Bonchev–Trinajstić information content (AvgIpc) is 3.29. The molecule has 3 aromatic rings. The van der Waals surface area contributed by atoms with Crippen molar-refractivity contribution in [3.05, 3.63) is 53.2 Å². The van der Waals surface area contributed by atoms with Gasteiger partial charge in [0.15, 0.2) is 11.5 Å². The lowest BCUT2D eigenvalue weighted by Gasteiger charge is -2.26. The van der Waals surface area contributed by atoms with Crippen LogP contribution >= 0.6 is 0 Å². The molecular formula is C27H33N3O5. The van der Waals surface area contributed by atoms with Gasteiger partial charge in [-0.3, -0.25) is 9.69 Å². The minimum absolute atomic E-state index is 0.0101. The Balaban J connectivity index is 1.70. The van der Waals surface area contributed by atoms with Crippen LogP contribution in [0.1, 0.15) is 48.3 Å². The van der Waals surface area contributed by atoms with Crippen molar-refractivity contribution in [2.24, 2.45) is 0 Å². The summed E-state index contributed by atoms with van der Waals surface area (Å²) in [6, 6.07) is 11.0. The van der Waals surface area contributed by atoms with Crippen molar-refractivity contribution < 1.29 is 24.3 Å². The first-order chi connectivity index (χ1) is 16.9. The van der Waals surface area contributed by atoms with Crippen LogP contribution < -0.4 is 5.32 Å². The van der Waals surface area contributed by atoms with Crippen molar-refractivity contribution >= 4 is 5.91 Å². The summed E-state index contributed by atoms with van der Waals surface area (Å²) in [6.45, 7) is 10.6. The zero-order valence-electron chi connectivity index (χ0n) is 20.5. The quantitative estimate of drug-likeness (QED) is 0.445. The molecule has 1 aliphatic heterocycles. The Morgan fingerprint density at radius 2 is 1.83 bits per heavy atom. The SMILES string of the molecule is CCNC(=O)c1noc(-c2cc(C(C)C)c(O)cc2O)c1-c1ccc(CCN2CCOCC2)cc1. The van der Waals surface area contributed by atoms with E-state index in [0.29, 0.717) is 23.2 Å². The predicted molar refractivity (Wildman–Crippen MR) is 134 cm³/mol. The van der Waals surface area contributed by atoms with Gasteiger partial charge in [0.2, 0.25) is 0 Å². The zero-order valence-corrected chi connectivity index (χ0v) is 20.5. The van der Waals surface area contributed by atoms with Gasteiger partial charge in [-0.15, -0.1) is 0 Å². The fraction of sp³-hybridized carbons (Fsp3) is 0.407. The molecule has 1 saturated heterocycles. The van der Waals surface area contributed by atoms with Gasteiger partial charge < -0.3 is 24.8 Å². The molecule has 1 fully saturated rings. The number of benzene rings is 2. The lowest BCUT2D eigenvalue weighted by Crippen LogP contribution is -2.37. The first-order valence-electron chi connectivity index (χ1n) is 12.1. The summed E-state index contributed by atoms with van der Waals surface area (Å²) >= 11 is 0. The van der Waals surface area contributed by atoms with Gasteiger partial charge in [-0.2, -0.15) is 0 Å². The van der Waals surface area contributed by atoms with E-state index in [-0.39, 0.29) is 34.8 Å². The molecule has 1 amide bonds. The molecule has 2 heterocycles. The number of morpholine rings is 1. The lowest BCUT2D eigenvalue weighted by atomic mass is 9.93. The minimum Gasteiger partial charge on any atom is -0.508 e. The normalized spacial score (nSPS) is 14.4. The van der Waals surface area contributed by atoms with Gasteiger partial charge in [0.25, 0.3) is 5.91 Å². The number of aromatic nitrogens is 1. The molecule has 0 aliphatic carbocycles. The summed E-state index contributed by atoms with van der Waals surface area (Å²) in [5.74, 6) is -0.179. The molecule has 8 heteroatoms. The van der Waals surface area contributed by atoms with Crippen LogP contribution in [-0.4, -0.2) is 65.6 Å². The molecule has 8 nitrogen and oxygen atoms in total. The van der Waals surface area contributed by atoms with E-state index in [4.69, 9.17) is 9.26 Å². The first-order valence-corrected chi connectivity index (χ1v) is 12.1. The second-order valence-electron chi connectivity index (χ2n) is 9.08. The lowest BCUT2D eigenvalue weighted by molar-refractivity contribution is 0.0384. The molecule has 0 unspecified atom stereocenters. The van der Waals surface area contributed by atoms with Crippen molar-refractivity contribution in [3.63, 3.8) is 0 Å². The number of rotatable bonds is 8. The highest BCUT2D eigenvalue weighted by atomic mass is 16.5. The molecule has 1 aliphatic rings. The van der Waals surface area contributed by atoms with E-state index in [0.717, 1.165) is 44.8 Å². The molecule has 0 saturated carbocycles. The summed E-state index contributed by atoms with van der Waals surface area (Å²) < 4.78 is 11.1. The van der Waals surface area contributed by atoms with Crippen LogP contribution in [0.2, 0.25) is 0 Å². The second-order valence-corrected chi connectivity index (χ2v) is 9.08. The van der Waals surface area contributed by atoms with Crippen molar-refractivity contribution in [2.45, 2.75) is 33.1 Å². The molecule has 0 radical (unpaired) electrons. The Hall–Kier alpha value is -3.36. The molecule has 35 heavy (non-hydrogen) atoms. The maximum absolute atomic E-state index is 12.8. The highest BCUT2D eigenvalue weighted by Gasteiger charge is 2.27. The van der Waals surface area contributed by atoms with Gasteiger partial charge in [-0.1, -0.05) is 43.3 Å². The molecule has 0 atom stereocenters. The smallest absolute Gasteiger partial charge is 0.274 e. The summed E-state index contributed by atoms with van der Waals surface area (Å²) in [5, 5.41) is 27.8. The van der Waals surface area contributed by atoms with Crippen molar-refractivity contribution in [3.8, 4) is 33.9 Å². The van der Waals surface area contributed by atoms with Crippen molar-refractivity contribution in [1.29, 1.82) is 0 Å². The number of nitrogens with one attached hydrogen (secondary N) is 1. The van der Waals surface area contributed by atoms with E-state index < -0.39 is 0 Å². The highest BCUT2D eigenvalue weighted by molar-refractivity contribution is 6.02. The topological polar surface area (TPSA) is 108 Å². The van der Waals surface area contributed by atoms with E-state index >= 15 is 0 Å². The standard InChI is InChI=1S/C27H33N3O5/c1-4-28-27(33)25-24(19-7-5-18(6-8-19)9-10-30-11-13-34-14-12-30)26(35-29-25)21-15-20(17(2)3)22(31)16-23(21)32/h5-8,15-17,31-32H,4,9-14H2,1-3H3,(H,28,33). The molecular weight excluding hydrogens is 446 g/mol. The Morgan fingerprint density at radius 3 is 2.49 bits per heavy atom. The monoisotopic (exact) mass is 479 g/mol. The first kappa shape index (κ1) is 24.8. The van der Waals surface area contributed by atoms with E-state index in [1.54, 1.807) is 6.07 Å². The number of nitrogens with zero attached hydrogens (tertiary/aromatic N) is 2. The van der Waals surface area contributed by atoms with Crippen LogP contribution in [0.15, 0.2) is 40.9 Å². The Labute approximate surface area is 205 Å². The number of amides is 1. The Bertz CT molecular complexity index is 1160. The van der Waals surface area contributed by atoms with Gasteiger partial charge in [0, 0.05) is 32.2 Å². The second kappa shape index (κ2) is 10.9. The van der Waals surface area contributed by atoms with Crippen LogP contribution in [0, 0.1) is 0 Å². The fourth-order valence-corrected chi connectivity index (χ4v) is 4.33. The third-order valence-corrected chi connectivity index (χ3v) is 6.32. The predicted octanol–water partition coefficient (Wildman–Crippen LogP) is 4.17. The summed E-state index contributed by atoms with van der Waals surface area (Å²) in [7, 11) is 0. The molecule has 1 aromatic heterocycles. The van der Waals surface area contributed by atoms with Gasteiger partial charge in [-0.25, -0.2) is 0 Å². The van der Waals surface area contributed by atoms with Crippen molar-refractivity contribution in [2.75, 3.05) is 39.4 Å². The fourth-order valence-electron chi connectivity index (χ4n) is 4.33. The van der Waals surface area contributed by atoms with Gasteiger partial charge in [-0.05, 0) is 42.0 Å². The maximum atomic E-state index is 12.8. The Morgan fingerprint density at radius 1 is 1.11 bits per heavy atom. The summed E-state index contributed by atoms with van der Waals surface area (Å²) in [6.07, 6.45) is 0.913. The minimum atomic E-state index is -0.351. The van der Waals surface area contributed by atoms with Crippen molar-refractivity contribution in [1.82, 2.24) is 15.4 Å². The molecule has 0 bridgehead atoms. The highest BCUT2D eigenvalue weighted by Crippen LogP contribution is 2.43. The number of aromatic hydroxyl groups is 2. The zero-order chi connectivity index (χ0) is 24.9. The van der Waals surface area contributed by atoms with Gasteiger partial charge in [0.05, 0.1) is 24.3 Å². The van der Waals surface area contributed by atoms with E-state index in [1.165, 1.54) is 11.6 Å². The molecule has 4 rings (SSSR count). The number of carbonyl (C=O) groups is 1. The van der Waals surface area contributed by atoms with E-state index in [9.17, 15) is 15.0 Å².